The van der Waals surface area contributed by atoms with Crippen LogP contribution in [0.25, 0.3) is 0 Å². The van der Waals surface area contributed by atoms with Crippen molar-refractivity contribution >= 4 is 23.4 Å². The first kappa shape index (κ1) is 18.0. The topological polar surface area (TPSA) is 78.4 Å². The van der Waals surface area contributed by atoms with E-state index in [0.717, 1.165) is 11.1 Å². The van der Waals surface area contributed by atoms with Crippen LogP contribution in [0.5, 0.6) is 0 Å². The van der Waals surface area contributed by atoms with Crippen LogP contribution in [0.1, 0.15) is 23.7 Å². The van der Waals surface area contributed by atoms with E-state index >= 15 is 0 Å². The van der Waals surface area contributed by atoms with Gasteiger partial charge in [0.1, 0.15) is 0 Å². The molecule has 0 heterocycles. The van der Waals surface area contributed by atoms with Crippen LogP contribution >= 0.6 is 11.6 Å². The van der Waals surface area contributed by atoms with Crippen molar-refractivity contribution in [1.82, 2.24) is 10.6 Å². The molecule has 2 amide bonds. The molecule has 0 aliphatic rings. The van der Waals surface area contributed by atoms with Gasteiger partial charge in [-0.1, -0.05) is 60.1 Å². The second kappa shape index (κ2) is 9.05. The fraction of sp³-hybridized carbons (Fsp3) is 0.222. The summed E-state index contributed by atoms with van der Waals surface area (Å²) < 4.78 is 0. The van der Waals surface area contributed by atoms with Crippen LogP contribution in [0.3, 0.4) is 0 Å². The quantitative estimate of drug-likeness (QED) is 0.702. The summed E-state index contributed by atoms with van der Waals surface area (Å²) in [6.07, 6.45) is -0.356. The summed E-state index contributed by atoms with van der Waals surface area (Å²) in [4.78, 5) is 23.5. The van der Waals surface area contributed by atoms with E-state index in [1.54, 1.807) is 24.3 Å². The summed E-state index contributed by atoms with van der Waals surface area (Å²) in [7, 11) is 0. The van der Waals surface area contributed by atoms with Crippen LogP contribution in [0.15, 0.2) is 54.6 Å². The molecule has 0 radical (unpaired) electrons. The molecule has 0 saturated carbocycles. The number of hydrogen-bond donors (Lipinski definition) is 3. The van der Waals surface area contributed by atoms with Crippen LogP contribution in [-0.2, 0) is 16.1 Å². The zero-order valence-corrected chi connectivity index (χ0v) is 13.8. The first-order valence-corrected chi connectivity index (χ1v) is 7.98. The number of benzene rings is 2. The number of carbonyl (C=O) groups excluding carboxylic acids is 2. The minimum Gasteiger partial charge on any atom is -0.388 e. The summed E-state index contributed by atoms with van der Waals surface area (Å²) in [6, 6.07) is 16.2. The zero-order valence-electron chi connectivity index (χ0n) is 13.0. The van der Waals surface area contributed by atoms with Gasteiger partial charge in [0.2, 0.25) is 0 Å². The van der Waals surface area contributed by atoms with E-state index in [2.05, 4.69) is 10.6 Å². The Bertz CT molecular complexity index is 692. The number of nitrogens with one attached hydrogen (secondary N) is 2. The van der Waals surface area contributed by atoms with Crippen LogP contribution in [0, 0.1) is 0 Å². The predicted molar refractivity (Wildman–Crippen MR) is 92.3 cm³/mol. The van der Waals surface area contributed by atoms with Crippen molar-refractivity contribution in [1.29, 1.82) is 0 Å². The summed E-state index contributed by atoms with van der Waals surface area (Å²) in [5, 5.41) is 15.5. The zero-order chi connectivity index (χ0) is 17.4. The van der Waals surface area contributed by atoms with Gasteiger partial charge >= 0.3 is 11.8 Å². The largest absolute Gasteiger partial charge is 0.388 e. The van der Waals surface area contributed by atoms with Gasteiger partial charge in [-0.15, -0.1) is 0 Å². The molecule has 0 spiro atoms. The highest BCUT2D eigenvalue weighted by Crippen LogP contribution is 2.15. The highest BCUT2D eigenvalue weighted by Gasteiger charge is 2.14. The Morgan fingerprint density at radius 1 is 0.958 bits per heavy atom. The standard InChI is InChI=1S/C18H19ClN2O3/c19-15-9-5-4-8-14(15)12-21-18(24)17(23)20-11-10-16(22)13-6-2-1-3-7-13/h1-9,16,22H,10-12H2,(H,20,23)(H,21,24). The fourth-order valence-corrected chi connectivity index (χ4v) is 2.34. The lowest BCUT2D eigenvalue weighted by atomic mass is 10.1. The smallest absolute Gasteiger partial charge is 0.309 e. The molecule has 2 aromatic carbocycles. The van der Waals surface area contributed by atoms with Gasteiger partial charge in [-0.05, 0) is 23.6 Å². The Hall–Kier alpha value is -2.37. The first-order valence-electron chi connectivity index (χ1n) is 7.60. The Morgan fingerprint density at radius 2 is 1.58 bits per heavy atom. The van der Waals surface area contributed by atoms with E-state index in [0.29, 0.717) is 11.4 Å². The second-order valence-corrected chi connectivity index (χ2v) is 5.65. The molecule has 0 aliphatic heterocycles. The Balaban J connectivity index is 1.72. The Kier molecular flexibility index (Phi) is 6.78. The average molecular weight is 347 g/mol. The predicted octanol–water partition coefficient (Wildman–Crippen LogP) is 2.20. The first-order chi connectivity index (χ1) is 11.6. The van der Waals surface area contributed by atoms with Gasteiger partial charge in [-0.2, -0.15) is 0 Å². The normalized spacial score (nSPS) is 11.6. The third-order valence-corrected chi connectivity index (χ3v) is 3.86. The van der Waals surface area contributed by atoms with E-state index < -0.39 is 17.9 Å². The summed E-state index contributed by atoms with van der Waals surface area (Å²) >= 11 is 5.98. The van der Waals surface area contributed by atoms with E-state index in [1.807, 2.05) is 30.3 Å². The minimum absolute atomic E-state index is 0.179. The average Bonchev–Trinajstić information content (AvgIpc) is 2.61. The van der Waals surface area contributed by atoms with Crippen molar-refractivity contribution in [3.05, 3.63) is 70.7 Å². The summed E-state index contributed by atoms with van der Waals surface area (Å²) in [6.45, 7) is 0.382. The lowest BCUT2D eigenvalue weighted by Gasteiger charge is -2.11. The number of amides is 2. The molecule has 2 rings (SSSR count). The van der Waals surface area contributed by atoms with Crippen LogP contribution < -0.4 is 10.6 Å². The third kappa shape index (κ3) is 5.37. The van der Waals surface area contributed by atoms with Gasteiger partial charge in [0.25, 0.3) is 0 Å². The highest BCUT2D eigenvalue weighted by atomic mass is 35.5. The number of hydrogen-bond acceptors (Lipinski definition) is 3. The van der Waals surface area contributed by atoms with E-state index in [9.17, 15) is 14.7 Å². The minimum atomic E-state index is -0.734. The van der Waals surface area contributed by atoms with Crippen molar-refractivity contribution in [3.63, 3.8) is 0 Å². The van der Waals surface area contributed by atoms with Crippen LogP contribution in [-0.4, -0.2) is 23.5 Å². The molecular formula is C18H19ClN2O3. The maximum atomic E-state index is 11.7. The molecule has 2 aromatic rings. The van der Waals surface area contributed by atoms with E-state index in [-0.39, 0.29) is 13.1 Å². The Morgan fingerprint density at radius 3 is 2.29 bits per heavy atom. The van der Waals surface area contributed by atoms with Crippen molar-refractivity contribution in [2.24, 2.45) is 0 Å². The molecule has 6 heteroatoms. The molecule has 0 bridgehead atoms. The second-order valence-electron chi connectivity index (χ2n) is 5.25. The molecule has 1 unspecified atom stereocenters. The van der Waals surface area contributed by atoms with Gasteiger partial charge in [0, 0.05) is 18.1 Å². The Labute approximate surface area is 145 Å². The lowest BCUT2D eigenvalue weighted by Crippen LogP contribution is -2.40. The van der Waals surface area contributed by atoms with Crippen LogP contribution in [0.2, 0.25) is 5.02 Å². The summed E-state index contributed by atoms with van der Waals surface area (Å²) in [5.74, 6) is -1.47. The van der Waals surface area contributed by atoms with Crippen molar-refractivity contribution in [2.75, 3.05) is 6.54 Å². The molecule has 0 saturated heterocycles. The highest BCUT2D eigenvalue weighted by molar-refractivity contribution is 6.35. The van der Waals surface area contributed by atoms with Gasteiger partial charge < -0.3 is 15.7 Å². The monoisotopic (exact) mass is 346 g/mol. The number of rotatable bonds is 6. The van der Waals surface area contributed by atoms with E-state index in [1.165, 1.54) is 0 Å². The molecule has 1 atom stereocenters. The molecule has 126 valence electrons. The molecule has 0 fully saturated rings. The van der Waals surface area contributed by atoms with Crippen molar-refractivity contribution in [3.8, 4) is 0 Å². The molecule has 0 aliphatic carbocycles. The van der Waals surface area contributed by atoms with Gasteiger partial charge in [0.05, 0.1) is 6.10 Å². The van der Waals surface area contributed by atoms with Crippen LogP contribution in [0.4, 0.5) is 0 Å². The van der Waals surface area contributed by atoms with Gasteiger partial charge in [-0.3, -0.25) is 9.59 Å². The van der Waals surface area contributed by atoms with Crippen molar-refractivity contribution < 1.29 is 14.7 Å². The van der Waals surface area contributed by atoms with Gasteiger partial charge in [-0.25, -0.2) is 0 Å². The third-order valence-electron chi connectivity index (χ3n) is 3.49. The maximum absolute atomic E-state index is 11.7. The fourth-order valence-electron chi connectivity index (χ4n) is 2.14. The van der Waals surface area contributed by atoms with Crippen molar-refractivity contribution in [2.45, 2.75) is 19.1 Å². The number of aliphatic hydroxyl groups is 1. The lowest BCUT2D eigenvalue weighted by molar-refractivity contribution is -0.139. The molecule has 3 N–H and O–H groups in total. The molecule has 0 aromatic heterocycles. The van der Waals surface area contributed by atoms with E-state index in [4.69, 9.17) is 11.6 Å². The SMILES string of the molecule is O=C(NCCC(O)c1ccccc1)C(=O)NCc1ccccc1Cl. The number of carbonyl (C=O) groups is 2. The molecule has 5 nitrogen and oxygen atoms in total. The molecule has 24 heavy (non-hydrogen) atoms. The number of halogens is 1. The van der Waals surface area contributed by atoms with Gasteiger partial charge in [0.15, 0.2) is 0 Å². The number of aliphatic hydroxyl groups excluding tert-OH is 1. The molecular weight excluding hydrogens is 328 g/mol. The maximum Gasteiger partial charge on any atom is 0.309 e. The summed E-state index contributed by atoms with van der Waals surface area (Å²) in [5.41, 5.74) is 1.51.